The van der Waals surface area contributed by atoms with Gasteiger partial charge in [-0.2, -0.15) is 4.98 Å². The number of aromatic nitrogens is 2. The van der Waals surface area contributed by atoms with E-state index in [2.05, 4.69) is 10.1 Å². The average Bonchev–Trinajstić information content (AvgIpc) is 3.09. The summed E-state index contributed by atoms with van der Waals surface area (Å²) < 4.78 is 29.0. The van der Waals surface area contributed by atoms with Gasteiger partial charge in [0.2, 0.25) is 5.82 Å². The van der Waals surface area contributed by atoms with E-state index >= 15 is 0 Å². The van der Waals surface area contributed by atoms with Gasteiger partial charge in [-0.25, -0.2) is 4.39 Å². The smallest absolute Gasteiger partial charge is 0.258 e. The molecule has 0 radical (unpaired) electrons. The lowest BCUT2D eigenvalue weighted by Gasteiger charge is -2.10. The predicted octanol–water partition coefficient (Wildman–Crippen LogP) is 3.67. The second kappa shape index (κ2) is 7.12. The number of rotatable bonds is 6. The van der Waals surface area contributed by atoms with E-state index in [0.717, 1.165) is 0 Å². The number of ketones is 1. The van der Waals surface area contributed by atoms with Gasteiger partial charge in [-0.1, -0.05) is 5.16 Å². The molecule has 0 saturated heterocycles. The Labute approximate surface area is 143 Å². The Morgan fingerprint density at radius 2 is 1.92 bits per heavy atom. The molecular formula is C18H15FN2O4. The Morgan fingerprint density at radius 1 is 1.16 bits per heavy atom. The third-order valence-corrected chi connectivity index (χ3v) is 3.49. The highest BCUT2D eigenvalue weighted by Gasteiger charge is 2.12. The van der Waals surface area contributed by atoms with Gasteiger partial charge in [0, 0.05) is 11.1 Å². The van der Waals surface area contributed by atoms with Gasteiger partial charge in [0.1, 0.15) is 5.82 Å². The van der Waals surface area contributed by atoms with Crippen LogP contribution < -0.4 is 9.47 Å². The maximum absolute atomic E-state index is 12.9. The number of halogens is 1. The highest BCUT2D eigenvalue weighted by Crippen LogP contribution is 2.29. The Kier molecular flexibility index (Phi) is 4.74. The number of hydrogen-bond donors (Lipinski definition) is 0. The van der Waals surface area contributed by atoms with Crippen LogP contribution in [-0.2, 0) is 6.61 Å². The van der Waals surface area contributed by atoms with Crippen LogP contribution in [0.1, 0.15) is 23.1 Å². The van der Waals surface area contributed by atoms with Gasteiger partial charge >= 0.3 is 0 Å². The standard InChI is InChI=1S/C18H15FN2O4/c1-11(22)13-5-8-15(16(9-13)23-2)24-10-17-20-18(25-21-17)12-3-6-14(19)7-4-12/h3-9H,10H2,1-2H3. The molecule has 0 unspecified atom stereocenters. The highest BCUT2D eigenvalue weighted by molar-refractivity contribution is 5.94. The molecule has 0 fully saturated rings. The summed E-state index contributed by atoms with van der Waals surface area (Å²) in [6, 6.07) is 10.6. The molecule has 0 aliphatic carbocycles. The number of methoxy groups -OCH3 is 1. The molecule has 1 aromatic heterocycles. The molecule has 6 nitrogen and oxygen atoms in total. The van der Waals surface area contributed by atoms with Gasteiger partial charge in [-0.3, -0.25) is 4.79 Å². The third-order valence-electron chi connectivity index (χ3n) is 3.49. The average molecular weight is 342 g/mol. The van der Waals surface area contributed by atoms with E-state index < -0.39 is 0 Å². The van der Waals surface area contributed by atoms with Crippen LogP contribution in [0.4, 0.5) is 4.39 Å². The number of hydrogen-bond acceptors (Lipinski definition) is 6. The fourth-order valence-corrected chi connectivity index (χ4v) is 2.17. The van der Waals surface area contributed by atoms with Crippen molar-refractivity contribution in [1.29, 1.82) is 0 Å². The molecule has 3 rings (SSSR count). The fourth-order valence-electron chi connectivity index (χ4n) is 2.17. The lowest BCUT2D eigenvalue weighted by Crippen LogP contribution is -2.01. The Balaban J connectivity index is 1.72. The lowest BCUT2D eigenvalue weighted by atomic mass is 10.1. The van der Waals surface area contributed by atoms with Crippen molar-refractivity contribution in [2.45, 2.75) is 13.5 Å². The van der Waals surface area contributed by atoms with Gasteiger partial charge in [-0.15, -0.1) is 0 Å². The van der Waals surface area contributed by atoms with Crippen LogP contribution in [0.3, 0.4) is 0 Å². The monoisotopic (exact) mass is 342 g/mol. The largest absolute Gasteiger partial charge is 0.493 e. The Morgan fingerprint density at radius 3 is 2.60 bits per heavy atom. The molecule has 1 heterocycles. The van der Waals surface area contributed by atoms with Gasteiger partial charge in [0.25, 0.3) is 5.89 Å². The van der Waals surface area contributed by atoms with E-state index in [1.165, 1.54) is 26.2 Å². The quantitative estimate of drug-likeness (QED) is 0.636. The Bertz CT molecular complexity index is 890. The summed E-state index contributed by atoms with van der Waals surface area (Å²) in [5, 5.41) is 3.83. The maximum Gasteiger partial charge on any atom is 0.258 e. The summed E-state index contributed by atoms with van der Waals surface area (Å²) in [5.74, 6) is 1.10. The molecule has 0 bridgehead atoms. The Hall–Kier alpha value is -3.22. The zero-order chi connectivity index (χ0) is 17.8. The SMILES string of the molecule is COc1cc(C(C)=O)ccc1OCc1noc(-c2ccc(F)cc2)n1. The molecule has 2 aromatic carbocycles. The minimum absolute atomic E-state index is 0.0560. The van der Waals surface area contributed by atoms with Gasteiger partial charge in [0.15, 0.2) is 23.9 Å². The molecule has 0 saturated carbocycles. The van der Waals surface area contributed by atoms with Crippen molar-refractivity contribution in [1.82, 2.24) is 10.1 Å². The normalized spacial score (nSPS) is 10.5. The summed E-state index contributed by atoms with van der Waals surface area (Å²) in [4.78, 5) is 15.6. The van der Waals surface area contributed by atoms with Crippen LogP contribution >= 0.6 is 0 Å². The predicted molar refractivity (Wildman–Crippen MR) is 87.0 cm³/mol. The summed E-state index contributed by atoms with van der Waals surface area (Å²) in [5.41, 5.74) is 1.14. The van der Waals surface area contributed by atoms with E-state index in [9.17, 15) is 9.18 Å². The van der Waals surface area contributed by atoms with Gasteiger partial charge < -0.3 is 14.0 Å². The first-order valence-electron chi connectivity index (χ1n) is 7.47. The van der Waals surface area contributed by atoms with Crippen molar-refractivity contribution in [2.24, 2.45) is 0 Å². The van der Waals surface area contributed by atoms with Crippen molar-refractivity contribution in [3.05, 3.63) is 59.7 Å². The number of carbonyl (C=O) groups is 1. The summed E-state index contributed by atoms with van der Waals surface area (Å²) in [6.07, 6.45) is 0. The second-order valence-electron chi connectivity index (χ2n) is 5.23. The topological polar surface area (TPSA) is 74.5 Å². The minimum Gasteiger partial charge on any atom is -0.493 e. The maximum atomic E-state index is 12.9. The molecule has 0 aliphatic heterocycles. The first-order valence-corrected chi connectivity index (χ1v) is 7.47. The number of benzene rings is 2. The van der Waals surface area contributed by atoms with Gasteiger partial charge in [-0.05, 0) is 49.4 Å². The summed E-state index contributed by atoms with van der Waals surface area (Å²) in [6.45, 7) is 1.53. The molecule has 0 spiro atoms. The van der Waals surface area contributed by atoms with Crippen molar-refractivity contribution in [3.8, 4) is 23.0 Å². The first kappa shape index (κ1) is 16.6. The molecule has 0 atom stereocenters. The molecule has 128 valence electrons. The molecule has 25 heavy (non-hydrogen) atoms. The fraction of sp³-hybridized carbons (Fsp3) is 0.167. The molecule has 3 aromatic rings. The molecule has 0 aliphatic rings. The molecular weight excluding hydrogens is 327 g/mol. The second-order valence-corrected chi connectivity index (χ2v) is 5.23. The zero-order valence-electron chi connectivity index (χ0n) is 13.7. The number of ether oxygens (including phenoxy) is 2. The van der Waals surface area contributed by atoms with Crippen LogP contribution in [0.25, 0.3) is 11.5 Å². The summed E-state index contributed by atoms with van der Waals surface area (Å²) >= 11 is 0. The van der Waals surface area contributed by atoms with Crippen molar-refractivity contribution in [3.63, 3.8) is 0 Å². The van der Waals surface area contributed by atoms with Crippen molar-refractivity contribution in [2.75, 3.05) is 7.11 Å². The van der Waals surface area contributed by atoms with E-state index in [0.29, 0.717) is 28.5 Å². The van der Waals surface area contributed by atoms with Crippen molar-refractivity contribution >= 4 is 5.78 Å². The van der Waals surface area contributed by atoms with Crippen LogP contribution in [0.2, 0.25) is 0 Å². The summed E-state index contributed by atoms with van der Waals surface area (Å²) in [7, 11) is 1.49. The molecule has 0 amide bonds. The number of nitrogens with zero attached hydrogens (tertiary/aromatic N) is 2. The number of carbonyl (C=O) groups excluding carboxylic acids is 1. The number of Topliss-reactive ketones (excluding diaryl/α,β-unsaturated/α-hetero) is 1. The third kappa shape index (κ3) is 3.82. The van der Waals surface area contributed by atoms with E-state index in [1.54, 1.807) is 30.3 Å². The van der Waals surface area contributed by atoms with E-state index in [1.807, 2.05) is 0 Å². The van der Waals surface area contributed by atoms with Crippen LogP contribution in [0, 0.1) is 5.82 Å². The zero-order valence-corrected chi connectivity index (χ0v) is 13.7. The van der Waals surface area contributed by atoms with Gasteiger partial charge in [0.05, 0.1) is 7.11 Å². The highest BCUT2D eigenvalue weighted by atomic mass is 19.1. The van der Waals surface area contributed by atoms with E-state index in [-0.39, 0.29) is 24.1 Å². The molecule has 0 N–H and O–H groups in total. The van der Waals surface area contributed by atoms with Crippen molar-refractivity contribution < 1.29 is 23.2 Å². The molecule has 7 heteroatoms. The minimum atomic E-state index is -0.340. The first-order chi connectivity index (χ1) is 12.1. The van der Waals surface area contributed by atoms with E-state index in [4.69, 9.17) is 14.0 Å². The van der Waals surface area contributed by atoms with Crippen LogP contribution in [0.5, 0.6) is 11.5 Å². The van der Waals surface area contributed by atoms with Crippen LogP contribution in [-0.4, -0.2) is 23.0 Å². The lowest BCUT2D eigenvalue weighted by molar-refractivity contribution is 0.101. The van der Waals surface area contributed by atoms with Crippen LogP contribution in [0.15, 0.2) is 47.0 Å².